The third kappa shape index (κ3) is 8.60. The molecule has 0 aliphatic rings. The van der Waals surface area contributed by atoms with Crippen LogP contribution in [0, 0.1) is 0 Å². The van der Waals surface area contributed by atoms with E-state index >= 15 is 0 Å². The molecule has 0 saturated heterocycles. The minimum atomic E-state index is -8.89. The molecular formula is C33H23F17O5S4. The summed E-state index contributed by atoms with van der Waals surface area (Å²) < 4.78 is 267. The molecule has 4 rings (SSSR count). The lowest BCUT2D eigenvalue weighted by molar-refractivity contribution is -0.458. The lowest BCUT2D eigenvalue weighted by Gasteiger charge is -2.42. The second kappa shape index (κ2) is 16.3. The van der Waals surface area contributed by atoms with Crippen LogP contribution in [0.4, 0.5) is 74.6 Å². The number of benzene rings is 4. The summed E-state index contributed by atoms with van der Waals surface area (Å²) in [5.74, 6) is -52.0. The molecule has 0 unspecified atom stereocenters. The molecule has 0 saturated carbocycles. The van der Waals surface area contributed by atoms with Gasteiger partial charge >= 0.3 is 57.1 Å². The van der Waals surface area contributed by atoms with Crippen molar-refractivity contribution in [1.29, 1.82) is 0 Å². The molecule has 59 heavy (non-hydrogen) atoms. The molecule has 0 amide bonds. The van der Waals surface area contributed by atoms with Gasteiger partial charge in [0, 0.05) is 25.8 Å². The van der Waals surface area contributed by atoms with Gasteiger partial charge in [0.15, 0.2) is 9.84 Å². The van der Waals surface area contributed by atoms with Crippen molar-refractivity contribution in [3.05, 3.63) is 115 Å². The predicted octanol–water partition coefficient (Wildman–Crippen LogP) is 11.9. The molecular weight excluding hydrogens is 928 g/mol. The monoisotopic (exact) mass is 950 g/mol. The second-order valence-corrected chi connectivity index (χ2v) is 20.4. The molecule has 0 aromatic heterocycles. The summed E-state index contributed by atoms with van der Waals surface area (Å²) in [5.41, 5.74) is 0. The van der Waals surface area contributed by atoms with Crippen molar-refractivity contribution >= 4 is 39.8 Å². The van der Waals surface area contributed by atoms with Gasteiger partial charge in [-0.3, -0.25) is 4.55 Å². The Morgan fingerprint density at radius 2 is 0.695 bits per heavy atom. The Labute approximate surface area is 328 Å². The Morgan fingerprint density at radius 3 is 1.02 bits per heavy atom. The maximum atomic E-state index is 13.0. The molecule has 5 nitrogen and oxygen atoms in total. The molecule has 0 aliphatic heterocycles. The first-order chi connectivity index (χ1) is 26.5. The van der Waals surface area contributed by atoms with Crippen LogP contribution in [0.2, 0.25) is 0 Å². The number of sulfone groups is 1. The van der Waals surface area contributed by atoms with E-state index in [0.717, 1.165) is 4.90 Å². The molecule has 328 valence electrons. The average molecular weight is 951 g/mol. The van der Waals surface area contributed by atoms with Crippen molar-refractivity contribution in [2.45, 2.75) is 71.4 Å². The van der Waals surface area contributed by atoms with Crippen LogP contribution in [0.5, 0.6) is 0 Å². The quantitative estimate of drug-likeness (QED) is 0.0816. The van der Waals surface area contributed by atoms with Gasteiger partial charge in [0.25, 0.3) is 0 Å². The highest BCUT2D eigenvalue weighted by atomic mass is 33.2. The van der Waals surface area contributed by atoms with Gasteiger partial charge in [0.2, 0.25) is 0 Å². The number of alkyl halides is 17. The molecule has 0 radical (unpaired) electrons. The highest BCUT2D eigenvalue weighted by Crippen LogP contribution is 2.78. The van der Waals surface area contributed by atoms with Gasteiger partial charge in [-0.05, 0) is 60.7 Å². The van der Waals surface area contributed by atoms with Gasteiger partial charge in [-0.2, -0.15) is 83.1 Å². The fourth-order valence-corrected chi connectivity index (χ4v) is 12.0. The lowest BCUT2D eigenvalue weighted by Crippen LogP contribution is -2.74. The van der Waals surface area contributed by atoms with E-state index in [-0.39, 0.29) is 0 Å². The van der Waals surface area contributed by atoms with E-state index in [1.165, 1.54) is 20.9 Å². The number of rotatable bonds is 13. The maximum absolute atomic E-state index is 13.0. The first-order valence-corrected chi connectivity index (χ1v) is 21.5. The van der Waals surface area contributed by atoms with Crippen molar-refractivity contribution in [2.75, 3.05) is 6.26 Å². The third-order valence-corrected chi connectivity index (χ3v) is 16.3. The number of hydrogen-bond acceptors (Lipinski definition) is 5. The molecule has 0 fully saturated rings. The van der Waals surface area contributed by atoms with Gasteiger partial charge in [0.1, 0.15) is 0 Å². The molecule has 0 heterocycles. The third-order valence-electron chi connectivity index (χ3n) is 7.72. The minimum Gasteiger partial charge on any atom is -0.281 e. The van der Waals surface area contributed by atoms with Crippen molar-refractivity contribution in [3.63, 3.8) is 0 Å². The SMILES string of the molecule is CS(=O)(=O)c1ccc(S(Sc2ccccc2)(c2ccccc2)c2ccccc2)cc1.O=S(=O)(O)C(F)(F)C(F)(F)C(F)(F)C(F)(F)C(F)(F)C(F)(F)C(F)(F)C(F)(F)F. The minimum absolute atomic E-state index is 0.338. The predicted molar refractivity (Wildman–Crippen MR) is 179 cm³/mol. The average Bonchev–Trinajstić information content (AvgIpc) is 3.13. The van der Waals surface area contributed by atoms with Crippen LogP contribution in [0.3, 0.4) is 0 Å². The van der Waals surface area contributed by atoms with E-state index in [1.807, 2.05) is 41.1 Å². The summed E-state index contributed by atoms with van der Waals surface area (Å²) in [5, 5.41) is -7.84. The van der Waals surface area contributed by atoms with Gasteiger partial charge < -0.3 is 0 Å². The van der Waals surface area contributed by atoms with Crippen molar-refractivity contribution in [1.82, 2.24) is 0 Å². The van der Waals surface area contributed by atoms with E-state index in [0.29, 0.717) is 4.90 Å². The first kappa shape index (κ1) is 49.6. The van der Waals surface area contributed by atoms with E-state index < -0.39 is 76.0 Å². The Bertz CT molecular complexity index is 2240. The summed E-state index contributed by atoms with van der Waals surface area (Å²) in [7, 11) is -11.0. The van der Waals surface area contributed by atoms with Crippen LogP contribution in [-0.4, -0.2) is 74.6 Å². The zero-order valence-electron chi connectivity index (χ0n) is 28.6. The number of hydrogen-bond donors (Lipinski definition) is 1. The normalized spacial score (nSPS) is 14.6. The molecule has 4 aromatic carbocycles. The second-order valence-electron chi connectivity index (χ2n) is 11.8. The summed E-state index contributed by atoms with van der Waals surface area (Å²) in [6.07, 6.45) is -6.64. The smallest absolute Gasteiger partial charge is 0.281 e. The maximum Gasteiger partial charge on any atom is 0.460 e. The van der Waals surface area contributed by atoms with Gasteiger partial charge in [-0.15, -0.1) is 9.06 Å². The van der Waals surface area contributed by atoms with Gasteiger partial charge in [-0.1, -0.05) is 65.4 Å². The zero-order chi connectivity index (χ0) is 45.5. The van der Waals surface area contributed by atoms with Crippen molar-refractivity contribution in [2.24, 2.45) is 0 Å². The fraction of sp³-hybridized carbons (Fsp3) is 0.273. The molecule has 0 atom stereocenters. The number of halogens is 17. The summed E-state index contributed by atoms with van der Waals surface area (Å²) >= 11 is 0. The van der Waals surface area contributed by atoms with Crippen molar-refractivity contribution in [3.8, 4) is 0 Å². The standard InChI is InChI=1S/C25H22O2S3.C8HF17O3S/c1-29(26,27)22-17-19-25(20-18-22)30(23-13-7-3-8-14-23,24-15-9-4-10-16-24)28-21-11-5-2-6-12-21;9-1(10,3(13,14)5(17,18)7(21,22)23)2(11,12)4(15,16)6(19,20)8(24,25)29(26,27)28/h2-20H,1H3;(H,26,27,28). The lowest BCUT2D eigenvalue weighted by atomic mass is 9.91. The molecule has 26 heteroatoms. The summed E-state index contributed by atoms with van der Waals surface area (Å²) in [6.45, 7) is 0. The van der Waals surface area contributed by atoms with Crippen LogP contribution in [0.1, 0.15) is 0 Å². The fourth-order valence-electron chi connectivity index (χ4n) is 4.59. The zero-order valence-corrected chi connectivity index (χ0v) is 31.9. The molecule has 0 bridgehead atoms. The molecule has 4 aromatic rings. The topological polar surface area (TPSA) is 88.5 Å². The van der Waals surface area contributed by atoms with Crippen molar-refractivity contribution < 1.29 is 96.0 Å². The Kier molecular flexibility index (Phi) is 13.7. The van der Waals surface area contributed by atoms with Crippen LogP contribution < -0.4 is 0 Å². The largest absolute Gasteiger partial charge is 0.460 e. The van der Waals surface area contributed by atoms with E-state index in [2.05, 4.69) is 72.8 Å². The van der Waals surface area contributed by atoms with Crippen LogP contribution >= 0.6 is 19.9 Å². The highest BCUT2D eigenvalue weighted by molar-refractivity contribution is 8.94. The van der Waals surface area contributed by atoms with Gasteiger partial charge in [0.05, 0.1) is 4.90 Å². The molecule has 1 N–H and O–H groups in total. The summed E-state index contributed by atoms with van der Waals surface area (Å²) in [6, 6.07) is 38.8. The Hall–Kier alpha value is -3.75. The van der Waals surface area contributed by atoms with E-state index in [4.69, 9.17) is 4.55 Å². The first-order valence-electron chi connectivity index (χ1n) is 15.2. The van der Waals surface area contributed by atoms with Gasteiger partial charge in [-0.25, -0.2) is 8.42 Å². The highest BCUT2D eigenvalue weighted by Gasteiger charge is 2.96. The Morgan fingerprint density at radius 1 is 0.407 bits per heavy atom. The molecule has 0 spiro atoms. The van der Waals surface area contributed by atoms with Crippen LogP contribution in [0.15, 0.2) is 140 Å². The Balaban J connectivity index is 0.000000316. The van der Waals surface area contributed by atoms with E-state index in [1.54, 1.807) is 12.1 Å². The summed E-state index contributed by atoms with van der Waals surface area (Å²) in [4.78, 5) is 5.06. The van der Waals surface area contributed by atoms with Crippen LogP contribution in [0.25, 0.3) is 0 Å². The van der Waals surface area contributed by atoms with E-state index in [9.17, 15) is 91.5 Å². The molecule has 0 aliphatic carbocycles. The van der Waals surface area contributed by atoms with Crippen LogP contribution in [-0.2, 0) is 20.0 Å².